The highest BCUT2D eigenvalue weighted by atomic mass is 16.6. The summed E-state index contributed by atoms with van der Waals surface area (Å²) in [6.45, 7) is 0. The van der Waals surface area contributed by atoms with Gasteiger partial charge < -0.3 is 28.8 Å². The lowest BCUT2D eigenvalue weighted by Crippen LogP contribution is -2.06. The molecule has 2 aromatic rings. The average molecular weight is 385 g/mol. The Balaban J connectivity index is 1.99. The number of nitrogens with zero attached hydrogens (tertiary/aromatic N) is 1. The number of aliphatic imine (C=N–C) groups is 1. The van der Waals surface area contributed by atoms with E-state index in [9.17, 15) is 9.90 Å². The van der Waals surface area contributed by atoms with Crippen LogP contribution < -0.4 is 18.9 Å². The summed E-state index contributed by atoms with van der Waals surface area (Å²) in [5, 5.41) is 9.88. The molecule has 2 aromatic carbocycles. The first-order valence-electron chi connectivity index (χ1n) is 8.20. The van der Waals surface area contributed by atoms with E-state index in [1.165, 1.54) is 40.6 Å². The SMILES string of the molecule is COc1ccc(/C=C2/N=C(c3cc(OC)c(OC)c(OC)c3)OC2=O)cc1O. The standard InChI is InChI=1S/C20H19NO7/c1-24-15-6-5-11(8-14(15)22)7-13-20(23)28-19(21-13)12-9-16(25-2)18(27-4)17(10-12)26-3/h5-10,22H,1-4H3/b13-7+. The molecule has 28 heavy (non-hydrogen) atoms. The molecule has 1 heterocycles. The Morgan fingerprint density at radius 2 is 1.57 bits per heavy atom. The zero-order valence-electron chi connectivity index (χ0n) is 15.8. The molecule has 0 radical (unpaired) electrons. The Morgan fingerprint density at radius 1 is 0.929 bits per heavy atom. The van der Waals surface area contributed by atoms with Crippen molar-refractivity contribution >= 4 is 17.9 Å². The highest BCUT2D eigenvalue weighted by molar-refractivity contribution is 6.13. The quantitative estimate of drug-likeness (QED) is 0.603. The molecule has 0 unspecified atom stereocenters. The van der Waals surface area contributed by atoms with E-state index in [-0.39, 0.29) is 17.3 Å². The van der Waals surface area contributed by atoms with Crippen LogP contribution in [0.5, 0.6) is 28.7 Å². The highest BCUT2D eigenvalue weighted by Crippen LogP contribution is 2.39. The second kappa shape index (κ2) is 7.91. The third-order valence-corrected chi connectivity index (χ3v) is 4.04. The number of hydrogen-bond acceptors (Lipinski definition) is 8. The van der Waals surface area contributed by atoms with E-state index in [1.54, 1.807) is 24.3 Å². The van der Waals surface area contributed by atoms with Crippen LogP contribution in [0.25, 0.3) is 6.08 Å². The molecular weight excluding hydrogens is 366 g/mol. The van der Waals surface area contributed by atoms with Gasteiger partial charge in [0.15, 0.2) is 28.7 Å². The molecule has 0 atom stereocenters. The van der Waals surface area contributed by atoms with Gasteiger partial charge in [0.1, 0.15) is 0 Å². The van der Waals surface area contributed by atoms with Gasteiger partial charge in [0, 0.05) is 5.56 Å². The number of methoxy groups -OCH3 is 4. The summed E-state index contributed by atoms with van der Waals surface area (Å²) in [5.41, 5.74) is 1.15. The van der Waals surface area contributed by atoms with Gasteiger partial charge in [-0.15, -0.1) is 0 Å². The van der Waals surface area contributed by atoms with Gasteiger partial charge in [-0.25, -0.2) is 9.79 Å². The van der Waals surface area contributed by atoms with Crippen molar-refractivity contribution in [2.75, 3.05) is 28.4 Å². The molecule has 0 aromatic heterocycles. The maximum atomic E-state index is 12.2. The van der Waals surface area contributed by atoms with Crippen molar-refractivity contribution in [3.63, 3.8) is 0 Å². The van der Waals surface area contributed by atoms with Gasteiger partial charge in [-0.2, -0.15) is 0 Å². The first-order valence-corrected chi connectivity index (χ1v) is 8.20. The van der Waals surface area contributed by atoms with E-state index < -0.39 is 5.97 Å². The summed E-state index contributed by atoms with van der Waals surface area (Å²) in [6, 6.07) is 8.01. The number of ether oxygens (including phenoxy) is 5. The monoisotopic (exact) mass is 385 g/mol. The van der Waals surface area contributed by atoms with E-state index >= 15 is 0 Å². The number of phenolic OH excluding ortho intramolecular Hbond substituents is 1. The molecule has 3 rings (SSSR count). The Labute approximate surface area is 161 Å². The van der Waals surface area contributed by atoms with Gasteiger partial charge in [-0.3, -0.25) is 0 Å². The van der Waals surface area contributed by atoms with Crippen molar-refractivity contribution in [2.24, 2.45) is 4.99 Å². The minimum Gasteiger partial charge on any atom is -0.504 e. The number of carbonyl (C=O) groups excluding carboxylic acids is 1. The zero-order valence-corrected chi connectivity index (χ0v) is 15.8. The lowest BCUT2D eigenvalue weighted by Gasteiger charge is -2.13. The van der Waals surface area contributed by atoms with Crippen molar-refractivity contribution in [1.29, 1.82) is 0 Å². The summed E-state index contributed by atoms with van der Waals surface area (Å²) in [4.78, 5) is 16.5. The number of esters is 1. The first kappa shape index (κ1) is 19.1. The van der Waals surface area contributed by atoms with Crippen molar-refractivity contribution in [1.82, 2.24) is 0 Å². The number of hydrogen-bond donors (Lipinski definition) is 1. The average Bonchev–Trinajstić information content (AvgIpc) is 3.07. The van der Waals surface area contributed by atoms with Gasteiger partial charge in [0.2, 0.25) is 11.6 Å². The van der Waals surface area contributed by atoms with Crippen LogP contribution in [0.2, 0.25) is 0 Å². The molecule has 8 heteroatoms. The molecule has 0 fully saturated rings. The molecule has 0 bridgehead atoms. The Morgan fingerprint density at radius 3 is 2.11 bits per heavy atom. The molecule has 1 aliphatic rings. The van der Waals surface area contributed by atoms with Gasteiger partial charge in [0.25, 0.3) is 0 Å². The Kier molecular flexibility index (Phi) is 5.39. The predicted octanol–water partition coefficient (Wildman–Crippen LogP) is 2.77. The third kappa shape index (κ3) is 3.57. The van der Waals surface area contributed by atoms with Gasteiger partial charge in [-0.1, -0.05) is 6.07 Å². The summed E-state index contributed by atoms with van der Waals surface area (Å²) in [6.07, 6.45) is 1.51. The number of cyclic esters (lactones) is 1. The highest BCUT2D eigenvalue weighted by Gasteiger charge is 2.26. The normalized spacial score (nSPS) is 14.5. The minimum absolute atomic E-state index is 0.0444. The molecule has 0 spiro atoms. The van der Waals surface area contributed by atoms with Crippen LogP contribution in [-0.4, -0.2) is 45.4 Å². The number of carbonyl (C=O) groups is 1. The Bertz CT molecular complexity index is 954. The number of phenols is 1. The molecular formula is C20H19NO7. The van der Waals surface area contributed by atoms with Crippen LogP contribution >= 0.6 is 0 Å². The molecule has 0 saturated heterocycles. The number of rotatable bonds is 6. The molecule has 1 aliphatic heterocycles. The fourth-order valence-corrected chi connectivity index (χ4v) is 2.69. The van der Waals surface area contributed by atoms with E-state index in [1.807, 2.05) is 0 Å². The maximum Gasteiger partial charge on any atom is 0.363 e. The van der Waals surface area contributed by atoms with Crippen molar-refractivity contribution in [2.45, 2.75) is 0 Å². The predicted molar refractivity (Wildman–Crippen MR) is 101 cm³/mol. The molecule has 8 nitrogen and oxygen atoms in total. The number of aromatic hydroxyl groups is 1. The lowest BCUT2D eigenvalue weighted by atomic mass is 10.1. The topological polar surface area (TPSA) is 95.8 Å². The van der Waals surface area contributed by atoms with Gasteiger partial charge >= 0.3 is 5.97 Å². The van der Waals surface area contributed by atoms with Crippen LogP contribution in [0.3, 0.4) is 0 Å². The summed E-state index contributed by atoms with van der Waals surface area (Å²) in [7, 11) is 5.93. The third-order valence-electron chi connectivity index (χ3n) is 4.04. The number of benzene rings is 2. The van der Waals surface area contributed by atoms with Gasteiger partial charge in [-0.05, 0) is 35.9 Å². The van der Waals surface area contributed by atoms with Crippen LogP contribution in [0.4, 0.5) is 0 Å². The Hall–Kier alpha value is -3.68. The zero-order chi connectivity index (χ0) is 20.3. The summed E-state index contributed by atoms with van der Waals surface area (Å²) in [5.74, 6) is 1.02. The second-order valence-corrected chi connectivity index (χ2v) is 5.68. The fourth-order valence-electron chi connectivity index (χ4n) is 2.69. The van der Waals surface area contributed by atoms with E-state index in [0.29, 0.717) is 34.1 Å². The first-order chi connectivity index (χ1) is 13.5. The van der Waals surface area contributed by atoms with Gasteiger partial charge in [0.05, 0.1) is 28.4 Å². The van der Waals surface area contributed by atoms with Crippen molar-refractivity contribution in [3.05, 3.63) is 47.2 Å². The minimum atomic E-state index is -0.612. The van der Waals surface area contributed by atoms with Crippen LogP contribution in [0, 0.1) is 0 Å². The fraction of sp³-hybridized carbons (Fsp3) is 0.200. The van der Waals surface area contributed by atoms with Crippen LogP contribution in [0.1, 0.15) is 11.1 Å². The molecule has 146 valence electrons. The van der Waals surface area contributed by atoms with Crippen LogP contribution in [-0.2, 0) is 9.53 Å². The van der Waals surface area contributed by atoms with E-state index in [0.717, 1.165) is 0 Å². The maximum absolute atomic E-state index is 12.2. The largest absolute Gasteiger partial charge is 0.504 e. The summed E-state index contributed by atoms with van der Waals surface area (Å²) < 4.78 is 26.2. The summed E-state index contributed by atoms with van der Waals surface area (Å²) >= 11 is 0. The lowest BCUT2D eigenvalue weighted by molar-refractivity contribution is -0.129. The molecule has 1 N–H and O–H groups in total. The van der Waals surface area contributed by atoms with Crippen molar-refractivity contribution < 1.29 is 33.6 Å². The smallest absolute Gasteiger partial charge is 0.363 e. The van der Waals surface area contributed by atoms with Crippen molar-refractivity contribution in [3.8, 4) is 28.7 Å². The van der Waals surface area contributed by atoms with E-state index in [2.05, 4.69) is 4.99 Å². The molecule has 0 saturated carbocycles. The molecule has 0 aliphatic carbocycles. The van der Waals surface area contributed by atoms with E-state index in [4.69, 9.17) is 23.7 Å². The van der Waals surface area contributed by atoms with Crippen LogP contribution in [0.15, 0.2) is 41.0 Å². The second-order valence-electron chi connectivity index (χ2n) is 5.68. The molecule has 0 amide bonds.